The fourth-order valence-corrected chi connectivity index (χ4v) is 3.73. The summed E-state index contributed by atoms with van der Waals surface area (Å²) in [5.41, 5.74) is 1.96. The summed E-state index contributed by atoms with van der Waals surface area (Å²) >= 11 is 6.16. The van der Waals surface area contributed by atoms with Crippen molar-refractivity contribution in [3.05, 3.63) is 71.5 Å². The highest BCUT2D eigenvalue weighted by Crippen LogP contribution is 2.31. The summed E-state index contributed by atoms with van der Waals surface area (Å²) < 4.78 is 0. The second-order valence-electron chi connectivity index (χ2n) is 6.27. The molecule has 4 rings (SSSR count). The van der Waals surface area contributed by atoms with Crippen LogP contribution < -0.4 is 10.6 Å². The van der Waals surface area contributed by atoms with E-state index in [1.807, 2.05) is 42.5 Å². The Balaban J connectivity index is 0.00000131. The maximum atomic E-state index is 12.9. The Hall–Kier alpha value is -1.85. The molecule has 2 N–H and O–H groups in total. The van der Waals surface area contributed by atoms with Crippen molar-refractivity contribution in [2.24, 2.45) is 5.92 Å². The van der Waals surface area contributed by atoms with Crippen molar-refractivity contribution in [2.45, 2.75) is 5.92 Å². The molecular formula is C20H20Cl3N3O. The third-order valence-corrected chi connectivity index (χ3v) is 5.10. The summed E-state index contributed by atoms with van der Waals surface area (Å²) in [5, 5.41) is 8.61. The number of benzene rings is 2. The summed E-state index contributed by atoms with van der Waals surface area (Å²) in [5.74, 6) is 0.107. The maximum absolute atomic E-state index is 12.9. The SMILES string of the molecule is Cl.Cl.O=C(Nc1cccc2c(Cl)nccc12)C1CNCC1c1ccccc1. The number of rotatable bonds is 3. The number of pyridine rings is 1. The quantitative estimate of drug-likeness (QED) is 0.601. The summed E-state index contributed by atoms with van der Waals surface area (Å²) in [6.07, 6.45) is 1.66. The van der Waals surface area contributed by atoms with Crippen LogP contribution in [0.1, 0.15) is 11.5 Å². The number of anilines is 1. The van der Waals surface area contributed by atoms with Gasteiger partial charge >= 0.3 is 0 Å². The van der Waals surface area contributed by atoms with Crippen molar-refractivity contribution in [1.82, 2.24) is 10.3 Å². The molecule has 7 heteroatoms. The van der Waals surface area contributed by atoms with Gasteiger partial charge in [0.1, 0.15) is 5.15 Å². The van der Waals surface area contributed by atoms with Crippen molar-refractivity contribution < 1.29 is 4.79 Å². The number of hydrogen-bond acceptors (Lipinski definition) is 3. The lowest BCUT2D eigenvalue weighted by molar-refractivity contribution is -0.119. The minimum absolute atomic E-state index is 0. The third kappa shape index (κ3) is 4.36. The topological polar surface area (TPSA) is 54.0 Å². The van der Waals surface area contributed by atoms with Gasteiger partial charge in [0.15, 0.2) is 0 Å². The molecule has 1 amide bonds. The van der Waals surface area contributed by atoms with Gasteiger partial charge in [-0.2, -0.15) is 0 Å². The van der Waals surface area contributed by atoms with Crippen molar-refractivity contribution in [2.75, 3.05) is 18.4 Å². The van der Waals surface area contributed by atoms with Crippen molar-refractivity contribution in [3.63, 3.8) is 0 Å². The Morgan fingerprint density at radius 1 is 1.00 bits per heavy atom. The maximum Gasteiger partial charge on any atom is 0.229 e. The fourth-order valence-electron chi connectivity index (χ4n) is 3.51. The number of carbonyl (C=O) groups is 1. The van der Waals surface area contributed by atoms with E-state index in [2.05, 4.69) is 27.8 Å². The van der Waals surface area contributed by atoms with Crippen LogP contribution in [0.4, 0.5) is 5.69 Å². The Bertz CT molecular complexity index is 921. The van der Waals surface area contributed by atoms with E-state index in [0.717, 1.165) is 23.0 Å². The first-order chi connectivity index (χ1) is 12.2. The van der Waals surface area contributed by atoms with Crippen molar-refractivity contribution in [1.29, 1.82) is 0 Å². The lowest BCUT2D eigenvalue weighted by atomic mass is 9.88. The molecule has 4 nitrogen and oxygen atoms in total. The predicted octanol–water partition coefficient (Wildman–Crippen LogP) is 4.67. The number of carbonyl (C=O) groups excluding carboxylic acids is 1. The van der Waals surface area contributed by atoms with Crippen LogP contribution in [0, 0.1) is 5.92 Å². The average Bonchev–Trinajstić information content (AvgIpc) is 3.13. The van der Waals surface area contributed by atoms with Gasteiger partial charge in [-0.15, -0.1) is 24.8 Å². The van der Waals surface area contributed by atoms with Gasteiger partial charge in [0, 0.05) is 41.7 Å². The molecule has 0 bridgehead atoms. The van der Waals surface area contributed by atoms with Gasteiger partial charge in [-0.1, -0.05) is 54.1 Å². The first kappa shape index (κ1) is 21.5. The van der Waals surface area contributed by atoms with E-state index in [1.54, 1.807) is 6.20 Å². The number of nitrogens with zero attached hydrogens (tertiary/aromatic N) is 1. The van der Waals surface area contributed by atoms with Crippen LogP contribution >= 0.6 is 36.4 Å². The van der Waals surface area contributed by atoms with Crippen LogP contribution in [0.15, 0.2) is 60.8 Å². The summed E-state index contributed by atoms with van der Waals surface area (Å²) in [4.78, 5) is 17.0. The standard InChI is InChI=1S/C20H18ClN3O.2ClH/c21-19-15-7-4-8-18(14(15)9-10-23-19)24-20(25)17-12-22-11-16(17)13-5-2-1-3-6-13;;/h1-10,16-17,22H,11-12H2,(H,24,25);2*1H. The minimum atomic E-state index is -0.102. The molecule has 2 aromatic carbocycles. The van der Waals surface area contributed by atoms with Gasteiger partial charge in [-0.05, 0) is 17.7 Å². The summed E-state index contributed by atoms with van der Waals surface area (Å²) in [7, 11) is 0. The Labute approximate surface area is 175 Å². The number of nitrogens with one attached hydrogen (secondary N) is 2. The smallest absolute Gasteiger partial charge is 0.229 e. The molecule has 1 aliphatic heterocycles. The molecule has 1 aliphatic rings. The summed E-state index contributed by atoms with van der Waals surface area (Å²) in [6.45, 7) is 1.49. The number of aromatic nitrogens is 1. The van der Waals surface area contributed by atoms with Gasteiger partial charge in [-0.3, -0.25) is 4.79 Å². The number of fused-ring (bicyclic) bond motifs is 1. The second kappa shape index (κ2) is 9.38. The van der Waals surface area contributed by atoms with Gasteiger partial charge < -0.3 is 10.6 Å². The van der Waals surface area contributed by atoms with E-state index < -0.39 is 0 Å². The predicted molar refractivity (Wildman–Crippen MR) is 115 cm³/mol. The van der Waals surface area contributed by atoms with Crippen molar-refractivity contribution in [3.8, 4) is 0 Å². The largest absolute Gasteiger partial charge is 0.325 e. The Morgan fingerprint density at radius 2 is 1.78 bits per heavy atom. The van der Waals surface area contributed by atoms with E-state index in [9.17, 15) is 4.79 Å². The molecule has 27 heavy (non-hydrogen) atoms. The molecule has 2 unspecified atom stereocenters. The molecular weight excluding hydrogens is 405 g/mol. The van der Waals surface area contributed by atoms with Crippen LogP contribution in [0.5, 0.6) is 0 Å². The molecule has 2 atom stereocenters. The average molecular weight is 425 g/mol. The Kier molecular flexibility index (Phi) is 7.45. The highest BCUT2D eigenvalue weighted by molar-refractivity contribution is 6.34. The first-order valence-electron chi connectivity index (χ1n) is 8.34. The van der Waals surface area contributed by atoms with E-state index >= 15 is 0 Å². The zero-order valence-electron chi connectivity index (χ0n) is 14.4. The molecule has 0 radical (unpaired) electrons. The van der Waals surface area contributed by atoms with Gasteiger partial charge in [0.05, 0.1) is 5.92 Å². The second-order valence-corrected chi connectivity index (χ2v) is 6.63. The fraction of sp³-hybridized carbons (Fsp3) is 0.200. The summed E-state index contributed by atoms with van der Waals surface area (Å²) in [6, 6.07) is 17.8. The van der Waals surface area contributed by atoms with E-state index in [-0.39, 0.29) is 42.6 Å². The van der Waals surface area contributed by atoms with Gasteiger partial charge in [0.25, 0.3) is 0 Å². The van der Waals surface area contributed by atoms with E-state index in [0.29, 0.717) is 11.7 Å². The normalized spacial score (nSPS) is 18.4. The molecule has 142 valence electrons. The monoisotopic (exact) mass is 423 g/mol. The van der Waals surface area contributed by atoms with Crippen LogP contribution in [0.2, 0.25) is 5.15 Å². The van der Waals surface area contributed by atoms with E-state index in [4.69, 9.17) is 11.6 Å². The van der Waals surface area contributed by atoms with Crippen LogP contribution in [0.3, 0.4) is 0 Å². The zero-order valence-corrected chi connectivity index (χ0v) is 16.8. The van der Waals surface area contributed by atoms with E-state index in [1.165, 1.54) is 5.56 Å². The third-order valence-electron chi connectivity index (χ3n) is 4.79. The molecule has 0 saturated carbocycles. The zero-order chi connectivity index (χ0) is 17.2. The minimum Gasteiger partial charge on any atom is -0.325 e. The van der Waals surface area contributed by atoms with Crippen molar-refractivity contribution >= 4 is 58.8 Å². The Morgan fingerprint density at radius 3 is 2.56 bits per heavy atom. The molecule has 0 aliphatic carbocycles. The van der Waals surface area contributed by atoms with Crippen LogP contribution in [0.25, 0.3) is 10.8 Å². The first-order valence-corrected chi connectivity index (χ1v) is 8.71. The highest BCUT2D eigenvalue weighted by atomic mass is 35.5. The lowest BCUT2D eigenvalue weighted by Gasteiger charge is -2.19. The molecule has 1 fully saturated rings. The van der Waals surface area contributed by atoms with Gasteiger partial charge in [-0.25, -0.2) is 4.98 Å². The molecule has 1 aromatic heterocycles. The molecule has 0 spiro atoms. The number of halogens is 3. The lowest BCUT2D eigenvalue weighted by Crippen LogP contribution is -2.28. The van der Waals surface area contributed by atoms with Crippen LogP contribution in [-0.4, -0.2) is 24.0 Å². The molecule has 1 saturated heterocycles. The number of amides is 1. The number of hydrogen-bond donors (Lipinski definition) is 2. The molecule has 3 aromatic rings. The molecule has 2 heterocycles. The van der Waals surface area contributed by atoms with Gasteiger partial charge in [0.2, 0.25) is 5.91 Å². The highest BCUT2D eigenvalue weighted by Gasteiger charge is 2.34. The van der Waals surface area contributed by atoms with Crippen LogP contribution in [-0.2, 0) is 4.79 Å².